The van der Waals surface area contributed by atoms with E-state index in [1.54, 1.807) is 17.8 Å². The molecule has 2 unspecified atom stereocenters. The average Bonchev–Trinajstić information content (AvgIpc) is 3.05. The second-order valence-electron chi connectivity index (χ2n) is 5.76. The van der Waals surface area contributed by atoms with Crippen LogP contribution in [0.2, 0.25) is 0 Å². The van der Waals surface area contributed by atoms with Crippen LogP contribution in [0.5, 0.6) is 0 Å². The second kappa shape index (κ2) is 8.15. The molecule has 2 heterocycles. The van der Waals surface area contributed by atoms with Gasteiger partial charge in [-0.15, -0.1) is 5.09 Å². The summed E-state index contributed by atoms with van der Waals surface area (Å²) in [6, 6.07) is 4.95. The zero-order valence-corrected chi connectivity index (χ0v) is 15.3. The zero-order chi connectivity index (χ0) is 19.4. The molecule has 0 bridgehead atoms. The summed E-state index contributed by atoms with van der Waals surface area (Å²) in [5.41, 5.74) is 7.04. The molecule has 0 saturated carbocycles. The van der Waals surface area contributed by atoms with Gasteiger partial charge in [0, 0.05) is 5.56 Å². The van der Waals surface area contributed by atoms with Gasteiger partial charge in [0.1, 0.15) is 17.7 Å². The number of rotatable bonds is 7. The standard InChI is InChI=1S/C16H16FN6O3P/c1-10(6-23-8-21-13-14(18)19-7-20-15(13)23)26-9-27(25)22-16(24)11-2-4-12(17)5-3-11/h2-5,7-8,10H,6,9H2,1H3,(H2-,18,19,20,22,24,25)/p+1. The number of benzene rings is 1. The lowest BCUT2D eigenvalue weighted by atomic mass is 10.2. The van der Waals surface area contributed by atoms with Gasteiger partial charge in [0.2, 0.25) is 0 Å². The molecule has 0 radical (unpaired) electrons. The third kappa shape index (κ3) is 4.60. The maximum atomic E-state index is 12.9. The number of imidazole rings is 1. The highest BCUT2D eigenvalue weighted by Crippen LogP contribution is 2.19. The minimum Gasteiger partial charge on any atom is -0.382 e. The van der Waals surface area contributed by atoms with E-state index in [4.69, 9.17) is 10.5 Å². The van der Waals surface area contributed by atoms with Gasteiger partial charge in [0.05, 0.1) is 19.0 Å². The Labute approximate surface area is 154 Å². The van der Waals surface area contributed by atoms with Crippen molar-refractivity contribution >= 4 is 30.8 Å². The molecule has 0 spiro atoms. The highest BCUT2D eigenvalue weighted by Gasteiger charge is 2.23. The molecule has 1 amide bonds. The van der Waals surface area contributed by atoms with Crippen LogP contribution in [0.4, 0.5) is 10.2 Å². The summed E-state index contributed by atoms with van der Waals surface area (Å²) in [6.45, 7) is 2.20. The SMILES string of the molecule is CC(Cn1cnc2c(N)ncnc21)OC[P+](=O)NC(=O)c1ccc(F)cc1. The van der Waals surface area contributed by atoms with Crippen LogP contribution in [0.15, 0.2) is 36.9 Å². The van der Waals surface area contributed by atoms with Gasteiger partial charge in [-0.1, -0.05) is 0 Å². The molecule has 0 aliphatic heterocycles. The minimum absolute atomic E-state index is 0.160. The molecular formula is C16H17FN6O3P+. The molecule has 2 aromatic heterocycles. The Bertz CT molecular complexity index is 978. The number of carbonyl (C=O) groups is 1. The first-order valence-electron chi connectivity index (χ1n) is 7.98. The number of fused-ring (bicyclic) bond motifs is 1. The van der Waals surface area contributed by atoms with Crippen LogP contribution in [0.3, 0.4) is 0 Å². The first-order valence-corrected chi connectivity index (χ1v) is 9.42. The molecule has 0 saturated heterocycles. The summed E-state index contributed by atoms with van der Waals surface area (Å²) in [7, 11) is -2.12. The molecule has 11 heteroatoms. The Hall–Kier alpha value is -2.97. The number of hydrogen-bond donors (Lipinski definition) is 2. The lowest BCUT2D eigenvalue weighted by Crippen LogP contribution is -2.20. The summed E-state index contributed by atoms with van der Waals surface area (Å²) in [6.07, 6.45) is 2.45. The predicted molar refractivity (Wildman–Crippen MR) is 96.6 cm³/mol. The van der Waals surface area contributed by atoms with Gasteiger partial charge in [-0.25, -0.2) is 19.3 Å². The summed E-state index contributed by atoms with van der Waals surface area (Å²) in [4.78, 5) is 24.1. The monoisotopic (exact) mass is 391 g/mol. The van der Waals surface area contributed by atoms with Gasteiger partial charge in [0.25, 0.3) is 12.3 Å². The van der Waals surface area contributed by atoms with Gasteiger partial charge >= 0.3 is 7.95 Å². The Morgan fingerprint density at radius 1 is 1.33 bits per heavy atom. The molecule has 0 aliphatic rings. The predicted octanol–water partition coefficient (Wildman–Crippen LogP) is 2.08. The Morgan fingerprint density at radius 2 is 2.07 bits per heavy atom. The number of hydrogen-bond acceptors (Lipinski definition) is 7. The van der Waals surface area contributed by atoms with Crippen LogP contribution in [0.1, 0.15) is 17.3 Å². The van der Waals surface area contributed by atoms with E-state index < -0.39 is 19.7 Å². The molecule has 9 nitrogen and oxygen atoms in total. The summed E-state index contributed by atoms with van der Waals surface area (Å²) < 4.78 is 32.2. The first-order chi connectivity index (χ1) is 12.9. The van der Waals surface area contributed by atoms with Gasteiger partial charge in [-0.3, -0.25) is 4.79 Å². The van der Waals surface area contributed by atoms with E-state index in [0.29, 0.717) is 23.5 Å². The largest absolute Gasteiger partial charge is 0.491 e. The van der Waals surface area contributed by atoms with E-state index >= 15 is 0 Å². The highest BCUT2D eigenvalue weighted by molar-refractivity contribution is 7.43. The number of nitrogens with two attached hydrogens (primary N) is 1. The molecule has 2 atom stereocenters. The first kappa shape index (κ1) is 18.8. The van der Waals surface area contributed by atoms with Crippen LogP contribution in [0.25, 0.3) is 11.2 Å². The van der Waals surface area contributed by atoms with Crippen molar-refractivity contribution in [3.63, 3.8) is 0 Å². The molecule has 27 heavy (non-hydrogen) atoms. The van der Waals surface area contributed by atoms with Gasteiger partial charge in [-0.2, -0.15) is 0 Å². The molecule has 0 aliphatic carbocycles. The molecule has 1 aromatic carbocycles. The quantitative estimate of drug-likeness (QED) is 0.591. The van der Waals surface area contributed by atoms with E-state index in [-0.39, 0.29) is 18.0 Å². The van der Waals surface area contributed by atoms with E-state index in [2.05, 4.69) is 20.0 Å². The van der Waals surface area contributed by atoms with Gasteiger partial charge < -0.3 is 15.0 Å². The fourth-order valence-electron chi connectivity index (χ4n) is 2.37. The second-order valence-corrected chi connectivity index (χ2v) is 7.00. The number of anilines is 1. The number of ether oxygens (including phenoxy) is 1. The molecular weight excluding hydrogens is 374 g/mol. The molecule has 3 aromatic rings. The summed E-state index contributed by atoms with van der Waals surface area (Å²) >= 11 is 0. The average molecular weight is 391 g/mol. The third-order valence-corrected chi connectivity index (χ3v) is 4.53. The van der Waals surface area contributed by atoms with E-state index in [0.717, 1.165) is 12.1 Å². The third-order valence-electron chi connectivity index (χ3n) is 3.69. The van der Waals surface area contributed by atoms with Crippen molar-refractivity contribution in [3.05, 3.63) is 48.3 Å². The van der Waals surface area contributed by atoms with Gasteiger partial charge in [-0.05, 0) is 35.8 Å². The number of nitrogens with zero attached hydrogens (tertiary/aromatic N) is 4. The van der Waals surface area contributed by atoms with Crippen molar-refractivity contribution in [2.75, 3.05) is 12.1 Å². The van der Waals surface area contributed by atoms with Crippen molar-refractivity contribution in [1.82, 2.24) is 24.6 Å². The number of halogens is 1. The lowest BCUT2D eigenvalue weighted by molar-refractivity contribution is 0.0859. The van der Waals surface area contributed by atoms with E-state index in [9.17, 15) is 13.8 Å². The van der Waals surface area contributed by atoms with Crippen molar-refractivity contribution in [3.8, 4) is 0 Å². The molecule has 0 fully saturated rings. The fourth-order valence-corrected chi connectivity index (χ4v) is 3.18. The number of amides is 1. The Kier molecular flexibility index (Phi) is 5.68. The number of nitrogens with one attached hydrogen (secondary N) is 1. The van der Waals surface area contributed by atoms with Crippen LogP contribution < -0.4 is 10.8 Å². The van der Waals surface area contributed by atoms with Gasteiger partial charge in [0.15, 0.2) is 11.5 Å². The molecule has 3 rings (SSSR count). The Balaban J connectivity index is 1.51. The summed E-state index contributed by atoms with van der Waals surface area (Å²) in [5.74, 6) is -0.716. The van der Waals surface area contributed by atoms with Crippen LogP contribution in [-0.2, 0) is 15.8 Å². The topological polar surface area (TPSA) is 125 Å². The van der Waals surface area contributed by atoms with Crippen molar-refractivity contribution in [2.45, 2.75) is 19.6 Å². The Morgan fingerprint density at radius 3 is 2.81 bits per heavy atom. The van der Waals surface area contributed by atoms with Crippen molar-refractivity contribution in [2.24, 2.45) is 0 Å². The van der Waals surface area contributed by atoms with Crippen molar-refractivity contribution in [1.29, 1.82) is 0 Å². The number of carbonyl (C=O) groups excluding carboxylic acids is 1. The minimum atomic E-state index is -2.12. The summed E-state index contributed by atoms with van der Waals surface area (Å²) in [5, 5.41) is 2.33. The molecule has 140 valence electrons. The van der Waals surface area contributed by atoms with Crippen LogP contribution in [-0.4, -0.2) is 37.9 Å². The fraction of sp³-hybridized carbons (Fsp3) is 0.250. The van der Waals surface area contributed by atoms with Crippen LogP contribution in [0, 0.1) is 5.82 Å². The van der Waals surface area contributed by atoms with Crippen LogP contribution >= 0.6 is 7.95 Å². The highest BCUT2D eigenvalue weighted by atomic mass is 31.1. The van der Waals surface area contributed by atoms with Crippen molar-refractivity contribution < 1.29 is 18.5 Å². The smallest absolute Gasteiger partial charge is 0.382 e. The maximum Gasteiger partial charge on any atom is 0.491 e. The van der Waals surface area contributed by atoms with E-state index in [1.165, 1.54) is 18.5 Å². The number of aromatic nitrogens is 4. The zero-order valence-electron chi connectivity index (χ0n) is 14.4. The normalized spacial score (nSPS) is 12.7. The number of nitrogen functional groups attached to an aromatic ring is 1. The van der Waals surface area contributed by atoms with E-state index in [1.807, 2.05) is 0 Å². The lowest BCUT2D eigenvalue weighted by Gasteiger charge is -2.10. The molecule has 3 N–H and O–H groups in total. The maximum absolute atomic E-state index is 12.9.